The molecule has 0 amide bonds. The summed E-state index contributed by atoms with van der Waals surface area (Å²) in [5.41, 5.74) is 0. The maximum Gasteiger partial charge on any atom is 0.0532 e. The van der Waals surface area contributed by atoms with Gasteiger partial charge in [-0.3, -0.25) is 0 Å². The molecule has 0 aliphatic rings. The van der Waals surface area contributed by atoms with Crippen LogP contribution in [0.1, 0.15) is 55.7 Å². The highest BCUT2D eigenvalue weighted by molar-refractivity contribution is 7.34. The minimum Gasteiger partial charge on any atom is -0.139 e. The Morgan fingerprint density at radius 2 is 1.07 bits per heavy atom. The van der Waals surface area contributed by atoms with Gasteiger partial charge in [0.05, 0.1) is 9.40 Å². The van der Waals surface area contributed by atoms with Crippen LogP contribution in [0.5, 0.6) is 0 Å². The molecule has 140 valence electrons. The summed E-state index contributed by atoms with van der Waals surface area (Å²) in [7, 11) is 0. The number of hydrogen-bond acceptors (Lipinski definition) is 4. The Kier molecular flexibility index (Phi) is 5.01. The highest BCUT2D eigenvalue weighted by Gasteiger charge is 2.15. The lowest BCUT2D eigenvalue weighted by Gasteiger charge is -1.96. The van der Waals surface area contributed by atoms with Gasteiger partial charge in [0.2, 0.25) is 0 Å². The Morgan fingerprint density at radius 3 is 1.59 bits per heavy atom. The number of unbranched alkanes of at least 4 members (excludes halogenated alkanes) is 3. The highest BCUT2D eigenvalue weighted by Crippen LogP contribution is 2.46. The average Bonchev–Trinajstić information content (AvgIpc) is 3.37. The van der Waals surface area contributed by atoms with Crippen molar-refractivity contribution in [2.24, 2.45) is 0 Å². The van der Waals surface area contributed by atoms with E-state index in [0.717, 1.165) is 0 Å². The molecule has 0 bridgehead atoms. The first-order valence-electron chi connectivity index (χ1n) is 10.1. The molecule has 0 N–H and O–H groups in total. The second-order valence-corrected chi connectivity index (χ2v) is 11.9. The third-order valence-corrected chi connectivity index (χ3v) is 10.2. The van der Waals surface area contributed by atoms with Crippen molar-refractivity contribution in [3.63, 3.8) is 0 Å². The van der Waals surface area contributed by atoms with Gasteiger partial charge < -0.3 is 0 Å². The van der Waals surface area contributed by atoms with Gasteiger partial charge in [0.1, 0.15) is 0 Å². The van der Waals surface area contributed by atoms with Crippen LogP contribution in [-0.2, 0) is 12.8 Å². The van der Waals surface area contributed by atoms with Crippen LogP contribution in [0.2, 0.25) is 0 Å². The quantitative estimate of drug-likeness (QED) is 0.226. The molecule has 0 saturated carbocycles. The van der Waals surface area contributed by atoms with Crippen LogP contribution in [0.4, 0.5) is 0 Å². The SMILES string of the molecule is CCCCCc1cc2sc3cc4c(cc3c2s1)sc1cc(CCCC)sc14. The molecule has 27 heavy (non-hydrogen) atoms. The average molecular weight is 429 g/mol. The molecule has 4 aromatic heterocycles. The summed E-state index contributed by atoms with van der Waals surface area (Å²) < 4.78 is 8.94. The minimum absolute atomic E-state index is 1.24. The van der Waals surface area contributed by atoms with Gasteiger partial charge in [-0.1, -0.05) is 33.1 Å². The molecule has 1 aromatic carbocycles. The largest absolute Gasteiger partial charge is 0.139 e. The van der Waals surface area contributed by atoms with Crippen LogP contribution in [-0.4, -0.2) is 0 Å². The van der Waals surface area contributed by atoms with Crippen LogP contribution in [0.25, 0.3) is 39.0 Å². The van der Waals surface area contributed by atoms with Crippen molar-refractivity contribution in [2.45, 2.75) is 58.8 Å². The van der Waals surface area contributed by atoms with Crippen LogP contribution >= 0.6 is 45.3 Å². The molecular weight excluding hydrogens is 405 g/mol. The summed E-state index contributed by atoms with van der Waals surface area (Å²) in [6, 6.07) is 9.84. The van der Waals surface area contributed by atoms with E-state index < -0.39 is 0 Å². The maximum absolute atomic E-state index is 2.47. The molecular formula is C23H24S4. The van der Waals surface area contributed by atoms with Crippen molar-refractivity contribution in [1.29, 1.82) is 0 Å². The minimum atomic E-state index is 1.24. The molecule has 4 heteroatoms. The lowest BCUT2D eigenvalue weighted by atomic mass is 10.2. The maximum atomic E-state index is 2.47. The summed E-state index contributed by atoms with van der Waals surface area (Å²) in [4.78, 5) is 3.13. The van der Waals surface area contributed by atoms with E-state index in [1.54, 1.807) is 9.75 Å². The fourth-order valence-electron chi connectivity index (χ4n) is 3.84. The Morgan fingerprint density at radius 1 is 0.556 bits per heavy atom. The molecule has 5 rings (SSSR count). The van der Waals surface area contributed by atoms with Gasteiger partial charge in [-0.05, 0) is 49.9 Å². The predicted octanol–water partition coefficient (Wildman–Crippen LogP) is 9.62. The second-order valence-electron chi connectivity index (χ2n) is 7.42. The molecule has 0 fully saturated rings. The third-order valence-electron chi connectivity index (χ3n) is 5.31. The zero-order valence-corrected chi connectivity index (χ0v) is 19.2. The van der Waals surface area contributed by atoms with Gasteiger partial charge in [0.25, 0.3) is 0 Å². The van der Waals surface area contributed by atoms with Crippen molar-refractivity contribution < 1.29 is 0 Å². The van der Waals surface area contributed by atoms with Gasteiger partial charge in [0.15, 0.2) is 0 Å². The number of hydrogen-bond donors (Lipinski definition) is 0. The number of fused-ring (bicyclic) bond motifs is 6. The first-order chi connectivity index (χ1) is 13.3. The van der Waals surface area contributed by atoms with Crippen molar-refractivity contribution in [3.05, 3.63) is 34.0 Å². The Balaban J connectivity index is 1.57. The van der Waals surface area contributed by atoms with E-state index in [9.17, 15) is 0 Å². The smallest absolute Gasteiger partial charge is 0.0532 e. The third kappa shape index (κ3) is 3.25. The van der Waals surface area contributed by atoms with Gasteiger partial charge in [-0.2, -0.15) is 0 Å². The second kappa shape index (κ2) is 7.47. The number of thiophene rings is 4. The van der Waals surface area contributed by atoms with Crippen LogP contribution in [0.15, 0.2) is 24.3 Å². The topological polar surface area (TPSA) is 0 Å². The van der Waals surface area contributed by atoms with Crippen molar-refractivity contribution in [1.82, 2.24) is 0 Å². The summed E-state index contributed by atoms with van der Waals surface area (Å²) in [5.74, 6) is 0. The Bertz CT molecular complexity index is 1230. The molecule has 4 heterocycles. The molecule has 5 aromatic rings. The lowest BCUT2D eigenvalue weighted by Crippen LogP contribution is -1.78. The zero-order valence-electron chi connectivity index (χ0n) is 15.9. The number of aryl methyl sites for hydroxylation is 2. The number of benzene rings is 1. The summed E-state index contributed by atoms with van der Waals surface area (Å²) in [6.45, 7) is 4.56. The molecule has 0 aliphatic heterocycles. The van der Waals surface area contributed by atoms with Gasteiger partial charge in [0, 0.05) is 39.3 Å². The van der Waals surface area contributed by atoms with E-state index in [1.165, 1.54) is 83.9 Å². The molecule has 0 unspecified atom stereocenters. The highest BCUT2D eigenvalue weighted by atomic mass is 32.1. The van der Waals surface area contributed by atoms with E-state index in [0.29, 0.717) is 0 Å². The van der Waals surface area contributed by atoms with E-state index in [-0.39, 0.29) is 0 Å². The first kappa shape index (κ1) is 18.1. The van der Waals surface area contributed by atoms with Gasteiger partial charge in [-0.15, -0.1) is 45.3 Å². The summed E-state index contributed by atoms with van der Waals surface area (Å²) in [6.07, 6.45) is 9.04. The Hall–Kier alpha value is -0.940. The standard InChI is InChI=1S/C23H24S4/c1-3-5-7-9-15-11-21-23(25-15)17-13-18-16(12-19(17)27-21)22-20(26-18)10-14(24-22)8-6-4-2/h10-13H,3-9H2,1-2H3. The molecule has 0 spiro atoms. The van der Waals surface area contributed by atoms with Gasteiger partial charge in [-0.25, -0.2) is 0 Å². The molecule has 0 aliphatic carbocycles. The summed E-state index contributed by atoms with van der Waals surface area (Å²) >= 11 is 8.03. The number of rotatable bonds is 7. The van der Waals surface area contributed by atoms with Crippen molar-refractivity contribution >= 4 is 84.3 Å². The summed E-state index contributed by atoms with van der Waals surface area (Å²) in [5, 5.41) is 2.96. The molecule has 0 nitrogen and oxygen atoms in total. The van der Waals surface area contributed by atoms with E-state index in [1.807, 2.05) is 45.3 Å². The zero-order chi connectivity index (χ0) is 18.4. The van der Waals surface area contributed by atoms with Crippen molar-refractivity contribution in [3.8, 4) is 0 Å². The monoisotopic (exact) mass is 428 g/mol. The van der Waals surface area contributed by atoms with Crippen LogP contribution in [0, 0.1) is 0 Å². The Labute approximate surface area is 176 Å². The predicted molar refractivity (Wildman–Crippen MR) is 130 cm³/mol. The van der Waals surface area contributed by atoms with E-state index in [2.05, 4.69) is 38.1 Å². The van der Waals surface area contributed by atoms with E-state index in [4.69, 9.17) is 0 Å². The van der Waals surface area contributed by atoms with Crippen LogP contribution < -0.4 is 0 Å². The van der Waals surface area contributed by atoms with Crippen molar-refractivity contribution in [2.75, 3.05) is 0 Å². The normalized spacial score (nSPS) is 12.4. The van der Waals surface area contributed by atoms with E-state index >= 15 is 0 Å². The molecule has 0 atom stereocenters. The fraction of sp³-hybridized carbons (Fsp3) is 0.391. The van der Waals surface area contributed by atoms with Gasteiger partial charge >= 0.3 is 0 Å². The fourth-order valence-corrected chi connectivity index (χ4v) is 9.04. The molecule has 0 radical (unpaired) electrons. The molecule has 0 saturated heterocycles. The lowest BCUT2D eigenvalue weighted by molar-refractivity contribution is 0.723. The van der Waals surface area contributed by atoms with Crippen LogP contribution in [0.3, 0.4) is 0 Å². The first-order valence-corrected chi connectivity index (χ1v) is 13.3.